The number of anilines is 1. The molecule has 5 aromatic rings. The van der Waals surface area contributed by atoms with Gasteiger partial charge in [-0.1, -0.05) is 54.6 Å². The summed E-state index contributed by atoms with van der Waals surface area (Å²) in [6.07, 6.45) is 1.80. The van der Waals surface area contributed by atoms with Crippen LogP contribution in [0, 0.1) is 0 Å². The molecule has 29 heavy (non-hydrogen) atoms. The van der Waals surface area contributed by atoms with Gasteiger partial charge in [-0.2, -0.15) is 5.10 Å². The second kappa shape index (κ2) is 7.37. The predicted octanol–water partition coefficient (Wildman–Crippen LogP) is 6.01. The van der Waals surface area contributed by atoms with Crippen molar-refractivity contribution in [3.63, 3.8) is 0 Å². The van der Waals surface area contributed by atoms with Crippen LogP contribution in [0.15, 0.2) is 96.5 Å². The Balaban J connectivity index is 1.64. The van der Waals surface area contributed by atoms with Crippen molar-refractivity contribution in [2.75, 3.05) is 5.32 Å². The van der Waals surface area contributed by atoms with E-state index < -0.39 is 0 Å². The lowest BCUT2D eigenvalue weighted by Gasteiger charge is -2.05. The van der Waals surface area contributed by atoms with Crippen molar-refractivity contribution in [3.8, 4) is 16.9 Å². The third-order valence-corrected chi connectivity index (χ3v) is 5.71. The summed E-state index contributed by atoms with van der Waals surface area (Å²) < 4.78 is 2.94. The molecule has 2 heterocycles. The second-order valence-electron chi connectivity index (χ2n) is 6.64. The summed E-state index contributed by atoms with van der Waals surface area (Å²) in [5.74, 6) is -0.177. The maximum Gasteiger partial charge on any atom is 0.259 e. The predicted molar refractivity (Wildman–Crippen MR) is 119 cm³/mol. The highest BCUT2D eigenvalue weighted by molar-refractivity contribution is 7.17. The van der Waals surface area contributed by atoms with E-state index in [4.69, 9.17) is 5.10 Å². The smallest absolute Gasteiger partial charge is 0.259 e. The van der Waals surface area contributed by atoms with Gasteiger partial charge in [0.05, 0.1) is 11.3 Å². The number of fused-ring (bicyclic) bond motifs is 1. The van der Waals surface area contributed by atoms with E-state index in [2.05, 4.69) is 22.8 Å². The molecular formula is C24H17N3OS. The molecule has 0 atom stereocenters. The summed E-state index contributed by atoms with van der Waals surface area (Å²) in [6.45, 7) is 0. The SMILES string of the molecule is O=C(Nc1ccccc1)c1cn(-c2ccccc2)nc1-c1csc2ccccc12. The largest absolute Gasteiger partial charge is 0.322 e. The fourth-order valence-electron chi connectivity index (χ4n) is 3.33. The number of thiophene rings is 1. The van der Waals surface area contributed by atoms with Crippen molar-refractivity contribution in [2.24, 2.45) is 0 Å². The van der Waals surface area contributed by atoms with Gasteiger partial charge < -0.3 is 5.32 Å². The summed E-state index contributed by atoms with van der Waals surface area (Å²) in [5.41, 5.74) is 3.86. The average molecular weight is 395 g/mol. The summed E-state index contributed by atoms with van der Waals surface area (Å²) in [4.78, 5) is 13.1. The maximum absolute atomic E-state index is 13.1. The number of nitrogens with one attached hydrogen (secondary N) is 1. The average Bonchev–Trinajstić information content (AvgIpc) is 3.39. The van der Waals surface area contributed by atoms with Crippen LogP contribution in [0.2, 0.25) is 0 Å². The van der Waals surface area contributed by atoms with Crippen LogP contribution in [0.4, 0.5) is 5.69 Å². The van der Waals surface area contributed by atoms with E-state index in [-0.39, 0.29) is 5.91 Å². The first kappa shape index (κ1) is 17.4. The van der Waals surface area contributed by atoms with Crippen LogP contribution in [0.1, 0.15) is 10.4 Å². The fourth-order valence-corrected chi connectivity index (χ4v) is 4.28. The van der Waals surface area contributed by atoms with Gasteiger partial charge in [0, 0.05) is 32.9 Å². The lowest BCUT2D eigenvalue weighted by Crippen LogP contribution is -2.12. The number of para-hydroxylation sites is 2. The highest BCUT2D eigenvalue weighted by atomic mass is 32.1. The zero-order valence-electron chi connectivity index (χ0n) is 15.4. The van der Waals surface area contributed by atoms with Gasteiger partial charge in [-0.15, -0.1) is 11.3 Å². The summed E-state index contributed by atoms with van der Waals surface area (Å²) in [6, 6.07) is 27.5. The highest BCUT2D eigenvalue weighted by Crippen LogP contribution is 2.35. The minimum Gasteiger partial charge on any atom is -0.322 e. The van der Waals surface area contributed by atoms with Gasteiger partial charge in [-0.25, -0.2) is 4.68 Å². The summed E-state index contributed by atoms with van der Waals surface area (Å²) >= 11 is 1.66. The normalized spacial score (nSPS) is 10.9. The van der Waals surface area contributed by atoms with Gasteiger partial charge in [0.25, 0.3) is 5.91 Å². The first-order valence-corrected chi connectivity index (χ1v) is 10.2. The van der Waals surface area contributed by atoms with E-state index in [1.807, 2.05) is 72.8 Å². The van der Waals surface area contributed by atoms with Crippen LogP contribution in [-0.2, 0) is 0 Å². The summed E-state index contributed by atoms with van der Waals surface area (Å²) in [7, 11) is 0. The third kappa shape index (κ3) is 3.32. The zero-order valence-corrected chi connectivity index (χ0v) is 16.3. The molecule has 0 fully saturated rings. The molecule has 5 heteroatoms. The molecule has 3 aromatic carbocycles. The monoisotopic (exact) mass is 395 g/mol. The molecule has 140 valence electrons. The van der Waals surface area contributed by atoms with Gasteiger partial charge in [-0.05, 0) is 30.3 Å². The molecule has 0 spiro atoms. The standard InChI is InChI=1S/C24H17N3OS/c28-24(25-17-9-3-1-4-10-17)20-15-27(18-11-5-2-6-12-18)26-23(20)21-16-29-22-14-8-7-13-19(21)22/h1-16H,(H,25,28). The molecule has 0 aliphatic heterocycles. The Morgan fingerprint density at radius 1 is 0.862 bits per heavy atom. The molecule has 1 amide bonds. The van der Waals surface area contributed by atoms with Crippen molar-refractivity contribution >= 4 is 33.0 Å². The molecule has 0 saturated heterocycles. The molecule has 4 nitrogen and oxygen atoms in total. The molecule has 0 bridgehead atoms. The van der Waals surface area contributed by atoms with Gasteiger partial charge in [0.1, 0.15) is 5.69 Å². The minimum atomic E-state index is -0.177. The molecule has 0 radical (unpaired) electrons. The molecule has 0 aliphatic rings. The number of carbonyl (C=O) groups is 1. The molecular weight excluding hydrogens is 378 g/mol. The van der Waals surface area contributed by atoms with Gasteiger partial charge in [-0.3, -0.25) is 4.79 Å². The van der Waals surface area contributed by atoms with E-state index in [1.54, 1.807) is 22.2 Å². The lowest BCUT2D eigenvalue weighted by molar-refractivity contribution is 0.102. The molecule has 0 unspecified atom stereocenters. The lowest BCUT2D eigenvalue weighted by atomic mass is 10.1. The van der Waals surface area contributed by atoms with Crippen molar-refractivity contribution < 1.29 is 4.79 Å². The third-order valence-electron chi connectivity index (χ3n) is 4.75. The van der Waals surface area contributed by atoms with Crippen molar-refractivity contribution in [1.82, 2.24) is 9.78 Å². The molecule has 2 aromatic heterocycles. The first-order valence-electron chi connectivity index (χ1n) is 9.28. The Labute approximate surface area is 172 Å². The number of hydrogen-bond acceptors (Lipinski definition) is 3. The molecule has 5 rings (SSSR count). The number of nitrogens with zero attached hydrogens (tertiary/aromatic N) is 2. The van der Waals surface area contributed by atoms with E-state index >= 15 is 0 Å². The van der Waals surface area contributed by atoms with Crippen molar-refractivity contribution in [3.05, 3.63) is 102 Å². The molecule has 0 saturated carbocycles. The number of aromatic nitrogens is 2. The van der Waals surface area contributed by atoms with Crippen LogP contribution in [0.3, 0.4) is 0 Å². The van der Waals surface area contributed by atoms with Crippen LogP contribution in [0.5, 0.6) is 0 Å². The van der Waals surface area contributed by atoms with E-state index in [9.17, 15) is 4.79 Å². The Bertz CT molecular complexity index is 1290. The van der Waals surface area contributed by atoms with E-state index in [0.717, 1.165) is 22.3 Å². The number of carbonyl (C=O) groups excluding carboxylic acids is 1. The number of benzene rings is 3. The van der Waals surface area contributed by atoms with Gasteiger partial charge in [0.15, 0.2) is 0 Å². The Morgan fingerprint density at radius 2 is 1.55 bits per heavy atom. The van der Waals surface area contributed by atoms with Gasteiger partial charge in [0.2, 0.25) is 0 Å². The van der Waals surface area contributed by atoms with Crippen LogP contribution in [0.25, 0.3) is 27.0 Å². The number of amides is 1. The quantitative estimate of drug-likeness (QED) is 0.405. The fraction of sp³-hybridized carbons (Fsp3) is 0. The zero-order chi connectivity index (χ0) is 19.6. The van der Waals surface area contributed by atoms with E-state index in [0.29, 0.717) is 11.3 Å². The number of rotatable bonds is 4. The topological polar surface area (TPSA) is 46.9 Å². The van der Waals surface area contributed by atoms with Crippen molar-refractivity contribution in [1.29, 1.82) is 0 Å². The second-order valence-corrected chi connectivity index (χ2v) is 7.55. The Kier molecular flexibility index (Phi) is 4.42. The van der Waals surface area contributed by atoms with Crippen molar-refractivity contribution in [2.45, 2.75) is 0 Å². The molecule has 0 aliphatic carbocycles. The first-order chi connectivity index (χ1) is 14.3. The van der Waals surface area contributed by atoms with Gasteiger partial charge >= 0.3 is 0 Å². The highest BCUT2D eigenvalue weighted by Gasteiger charge is 2.21. The molecule has 1 N–H and O–H groups in total. The Hall–Kier alpha value is -3.70. The van der Waals surface area contributed by atoms with E-state index in [1.165, 1.54) is 4.70 Å². The van der Waals surface area contributed by atoms with Crippen LogP contribution in [-0.4, -0.2) is 15.7 Å². The van der Waals surface area contributed by atoms with Crippen LogP contribution < -0.4 is 5.32 Å². The maximum atomic E-state index is 13.1. The van der Waals surface area contributed by atoms with Crippen LogP contribution >= 0.6 is 11.3 Å². The Morgan fingerprint density at radius 3 is 2.34 bits per heavy atom. The minimum absolute atomic E-state index is 0.177. The number of hydrogen-bond donors (Lipinski definition) is 1. The summed E-state index contributed by atoms with van der Waals surface area (Å²) in [5, 5.41) is 11.0.